The van der Waals surface area contributed by atoms with Crippen LogP contribution in [0.25, 0.3) is 0 Å². The standard InChI is InChI=1S/C15H24FNO/c1-11(2)14(10-18)9-17-7-6-13-4-5-15(16)12(3)8-13/h4-5,8,11,14,17-18H,6-7,9-10H2,1-3H3. The molecule has 1 aromatic rings. The van der Waals surface area contributed by atoms with Crippen LogP contribution in [0.5, 0.6) is 0 Å². The Labute approximate surface area is 109 Å². The fourth-order valence-electron chi connectivity index (χ4n) is 1.89. The molecule has 1 aromatic carbocycles. The van der Waals surface area contributed by atoms with E-state index in [0.717, 1.165) is 25.1 Å². The van der Waals surface area contributed by atoms with Gasteiger partial charge in [0.15, 0.2) is 0 Å². The Morgan fingerprint density at radius 3 is 2.61 bits per heavy atom. The molecule has 0 aliphatic rings. The quantitative estimate of drug-likeness (QED) is 0.732. The van der Waals surface area contributed by atoms with Gasteiger partial charge < -0.3 is 10.4 Å². The van der Waals surface area contributed by atoms with Crippen LogP contribution in [0.15, 0.2) is 18.2 Å². The van der Waals surface area contributed by atoms with Gasteiger partial charge in [0.2, 0.25) is 0 Å². The van der Waals surface area contributed by atoms with Gasteiger partial charge in [0.1, 0.15) is 5.82 Å². The lowest BCUT2D eigenvalue weighted by molar-refractivity contribution is 0.186. The maximum atomic E-state index is 13.1. The number of rotatable bonds is 7. The van der Waals surface area contributed by atoms with Crippen molar-refractivity contribution < 1.29 is 9.50 Å². The second-order valence-corrected chi connectivity index (χ2v) is 5.22. The Balaban J connectivity index is 2.31. The van der Waals surface area contributed by atoms with E-state index in [1.807, 2.05) is 12.1 Å². The van der Waals surface area contributed by atoms with Gasteiger partial charge >= 0.3 is 0 Å². The molecule has 0 saturated carbocycles. The highest BCUT2D eigenvalue weighted by Crippen LogP contribution is 2.10. The fraction of sp³-hybridized carbons (Fsp3) is 0.600. The molecule has 2 nitrogen and oxygen atoms in total. The van der Waals surface area contributed by atoms with E-state index in [-0.39, 0.29) is 12.4 Å². The molecule has 1 atom stereocenters. The molecular formula is C15H24FNO. The summed E-state index contributed by atoms with van der Waals surface area (Å²) in [6.07, 6.45) is 0.886. The zero-order chi connectivity index (χ0) is 13.5. The molecule has 0 amide bonds. The number of aryl methyl sites for hydroxylation is 1. The molecule has 3 heteroatoms. The molecule has 18 heavy (non-hydrogen) atoms. The molecule has 0 radical (unpaired) electrons. The maximum absolute atomic E-state index is 13.1. The summed E-state index contributed by atoms with van der Waals surface area (Å²) in [6, 6.07) is 5.24. The molecule has 0 aliphatic heterocycles. The van der Waals surface area contributed by atoms with E-state index in [1.165, 1.54) is 6.07 Å². The van der Waals surface area contributed by atoms with Crippen LogP contribution in [0.2, 0.25) is 0 Å². The number of nitrogens with one attached hydrogen (secondary N) is 1. The van der Waals surface area contributed by atoms with Crippen LogP contribution in [0, 0.1) is 24.6 Å². The minimum Gasteiger partial charge on any atom is -0.396 e. The Kier molecular flexibility index (Phi) is 6.30. The molecule has 0 fully saturated rings. The van der Waals surface area contributed by atoms with Gasteiger partial charge in [0, 0.05) is 13.2 Å². The average molecular weight is 253 g/mol. The third kappa shape index (κ3) is 4.75. The summed E-state index contributed by atoms with van der Waals surface area (Å²) < 4.78 is 13.1. The number of aliphatic hydroxyl groups excluding tert-OH is 1. The second kappa shape index (κ2) is 7.49. The van der Waals surface area contributed by atoms with Crippen molar-refractivity contribution in [1.82, 2.24) is 5.32 Å². The lowest BCUT2D eigenvalue weighted by Gasteiger charge is -2.18. The van der Waals surface area contributed by atoms with E-state index in [2.05, 4.69) is 19.2 Å². The van der Waals surface area contributed by atoms with E-state index in [4.69, 9.17) is 0 Å². The first-order valence-corrected chi connectivity index (χ1v) is 6.61. The SMILES string of the molecule is Cc1cc(CCNCC(CO)C(C)C)ccc1F. The number of halogens is 1. The van der Waals surface area contributed by atoms with Gasteiger partial charge in [-0.15, -0.1) is 0 Å². The molecule has 0 aliphatic carbocycles. The third-order valence-corrected chi connectivity index (χ3v) is 3.40. The van der Waals surface area contributed by atoms with Gasteiger partial charge in [0.05, 0.1) is 0 Å². The van der Waals surface area contributed by atoms with Gasteiger partial charge in [-0.25, -0.2) is 4.39 Å². The van der Waals surface area contributed by atoms with Crippen molar-refractivity contribution in [2.24, 2.45) is 11.8 Å². The lowest BCUT2D eigenvalue weighted by atomic mass is 9.97. The first-order chi connectivity index (χ1) is 8.54. The number of hydrogen-bond acceptors (Lipinski definition) is 2. The number of aliphatic hydroxyl groups is 1. The summed E-state index contributed by atoms with van der Waals surface area (Å²) in [4.78, 5) is 0. The molecule has 0 spiro atoms. The smallest absolute Gasteiger partial charge is 0.126 e. The van der Waals surface area contributed by atoms with Gasteiger partial charge in [0.25, 0.3) is 0 Å². The Morgan fingerprint density at radius 1 is 1.33 bits per heavy atom. The normalized spacial score (nSPS) is 13.0. The van der Waals surface area contributed by atoms with Crippen LogP contribution >= 0.6 is 0 Å². The van der Waals surface area contributed by atoms with Gasteiger partial charge in [-0.1, -0.05) is 26.0 Å². The lowest BCUT2D eigenvalue weighted by Crippen LogP contribution is -2.30. The zero-order valence-electron chi connectivity index (χ0n) is 11.5. The van der Waals surface area contributed by atoms with Crippen molar-refractivity contribution in [3.05, 3.63) is 35.1 Å². The van der Waals surface area contributed by atoms with Crippen LogP contribution in [0.3, 0.4) is 0 Å². The third-order valence-electron chi connectivity index (χ3n) is 3.40. The van der Waals surface area contributed by atoms with Crippen LogP contribution < -0.4 is 5.32 Å². The van der Waals surface area contributed by atoms with E-state index in [0.29, 0.717) is 17.4 Å². The molecule has 0 heterocycles. The molecule has 0 saturated heterocycles. The number of hydrogen-bond donors (Lipinski definition) is 2. The molecule has 0 aromatic heterocycles. The molecule has 1 unspecified atom stereocenters. The van der Waals surface area contributed by atoms with Gasteiger partial charge in [-0.3, -0.25) is 0 Å². The minimum atomic E-state index is -0.146. The minimum absolute atomic E-state index is 0.146. The van der Waals surface area contributed by atoms with Crippen LogP contribution in [0.4, 0.5) is 4.39 Å². The van der Waals surface area contributed by atoms with Crippen LogP contribution in [-0.2, 0) is 6.42 Å². The van der Waals surface area contributed by atoms with Crippen molar-refractivity contribution in [3.63, 3.8) is 0 Å². The zero-order valence-corrected chi connectivity index (χ0v) is 11.5. The van der Waals surface area contributed by atoms with Crippen LogP contribution in [-0.4, -0.2) is 24.8 Å². The fourth-order valence-corrected chi connectivity index (χ4v) is 1.89. The Morgan fingerprint density at radius 2 is 2.06 bits per heavy atom. The highest BCUT2D eigenvalue weighted by atomic mass is 19.1. The summed E-state index contributed by atoms with van der Waals surface area (Å²) in [5, 5.41) is 12.5. The maximum Gasteiger partial charge on any atom is 0.126 e. The topological polar surface area (TPSA) is 32.3 Å². The van der Waals surface area contributed by atoms with Crippen molar-refractivity contribution in [1.29, 1.82) is 0 Å². The monoisotopic (exact) mass is 253 g/mol. The van der Waals surface area contributed by atoms with Gasteiger partial charge in [-0.2, -0.15) is 0 Å². The van der Waals surface area contributed by atoms with Crippen molar-refractivity contribution in [2.75, 3.05) is 19.7 Å². The molecule has 2 N–H and O–H groups in total. The van der Waals surface area contributed by atoms with E-state index < -0.39 is 0 Å². The summed E-state index contributed by atoms with van der Waals surface area (Å²) in [6.45, 7) is 7.92. The molecular weight excluding hydrogens is 229 g/mol. The summed E-state index contributed by atoms with van der Waals surface area (Å²) in [7, 11) is 0. The largest absolute Gasteiger partial charge is 0.396 e. The molecule has 1 rings (SSSR count). The Hall–Kier alpha value is -0.930. The summed E-state index contributed by atoms with van der Waals surface area (Å²) in [5.74, 6) is 0.641. The number of benzene rings is 1. The summed E-state index contributed by atoms with van der Waals surface area (Å²) in [5.41, 5.74) is 1.84. The summed E-state index contributed by atoms with van der Waals surface area (Å²) >= 11 is 0. The Bertz CT molecular complexity index is 366. The van der Waals surface area contributed by atoms with Crippen molar-refractivity contribution in [2.45, 2.75) is 27.2 Å². The molecule has 102 valence electrons. The first-order valence-electron chi connectivity index (χ1n) is 6.61. The van der Waals surface area contributed by atoms with E-state index >= 15 is 0 Å². The van der Waals surface area contributed by atoms with Gasteiger partial charge in [-0.05, 0) is 48.9 Å². The van der Waals surface area contributed by atoms with E-state index in [1.54, 1.807) is 6.92 Å². The molecule has 0 bridgehead atoms. The van der Waals surface area contributed by atoms with Crippen LogP contribution in [0.1, 0.15) is 25.0 Å². The average Bonchev–Trinajstić information content (AvgIpc) is 2.33. The highest BCUT2D eigenvalue weighted by molar-refractivity contribution is 5.24. The predicted octanol–water partition coefficient (Wildman–Crippen LogP) is 2.53. The van der Waals surface area contributed by atoms with Crippen molar-refractivity contribution in [3.8, 4) is 0 Å². The van der Waals surface area contributed by atoms with Crippen molar-refractivity contribution >= 4 is 0 Å². The second-order valence-electron chi connectivity index (χ2n) is 5.22. The highest BCUT2D eigenvalue weighted by Gasteiger charge is 2.10. The first kappa shape index (κ1) is 15.1. The predicted molar refractivity (Wildman–Crippen MR) is 73.1 cm³/mol. The van der Waals surface area contributed by atoms with E-state index in [9.17, 15) is 9.50 Å².